The molecule has 7 nitrogen and oxygen atoms in total. The Balaban J connectivity index is 1.53. The predicted octanol–water partition coefficient (Wildman–Crippen LogP) is 2.22. The van der Waals surface area contributed by atoms with E-state index in [1.54, 1.807) is 24.1 Å². The lowest BCUT2D eigenvalue weighted by molar-refractivity contribution is -0.138. The Bertz CT molecular complexity index is 690. The molecular formula is C22H32N2O5. The second-order valence-corrected chi connectivity index (χ2v) is 7.76. The highest BCUT2D eigenvalue weighted by molar-refractivity contribution is 5.80. The number of piperidine rings is 1. The van der Waals surface area contributed by atoms with Gasteiger partial charge in [-0.1, -0.05) is 12.1 Å². The number of nitrogens with zero attached hydrogens (tertiary/aromatic N) is 2. The summed E-state index contributed by atoms with van der Waals surface area (Å²) in [7, 11) is 1.57. The van der Waals surface area contributed by atoms with E-state index in [2.05, 4.69) is 0 Å². The first-order valence-corrected chi connectivity index (χ1v) is 10.6. The molecule has 2 aliphatic rings. The van der Waals surface area contributed by atoms with Gasteiger partial charge in [0.2, 0.25) is 5.91 Å². The summed E-state index contributed by atoms with van der Waals surface area (Å²) in [6.45, 7) is 1.20. The first-order valence-electron chi connectivity index (χ1n) is 10.6. The van der Waals surface area contributed by atoms with Crippen molar-refractivity contribution in [2.75, 3.05) is 33.4 Å². The number of carbonyl (C=O) groups is 2. The molecule has 1 aliphatic carbocycles. The molecule has 1 aromatic rings. The van der Waals surface area contributed by atoms with Crippen molar-refractivity contribution in [1.29, 1.82) is 0 Å². The molecule has 1 aliphatic heterocycles. The lowest BCUT2D eigenvalue weighted by Crippen LogP contribution is -2.46. The van der Waals surface area contributed by atoms with Crippen LogP contribution in [0.3, 0.4) is 0 Å². The molecule has 2 fully saturated rings. The first kappa shape index (κ1) is 21.4. The van der Waals surface area contributed by atoms with Crippen LogP contribution in [0.25, 0.3) is 0 Å². The number of ether oxygens (including phenoxy) is 2. The van der Waals surface area contributed by atoms with Crippen LogP contribution in [-0.2, 0) is 9.59 Å². The monoisotopic (exact) mass is 404 g/mol. The highest BCUT2D eigenvalue weighted by atomic mass is 16.5. The van der Waals surface area contributed by atoms with Crippen molar-refractivity contribution in [2.45, 2.75) is 57.0 Å². The number of hydrogen-bond donors (Lipinski definition) is 1. The summed E-state index contributed by atoms with van der Waals surface area (Å²) in [5, 5.41) is 9.27. The minimum absolute atomic E-state index is 0.0675. The van der Waals surface area contributed by atoms with Crippen molar-refractivity contribution < 1.29 is 24.2 Å². The van der Waals surface area contributed by atoms with E-state index in [-0.39, 0.29) is 37.1 Å². The number of aliphatic hydroxyl groups excluding tert-OH is 1. The van der Waals surface area contributed by atoms with Crippen LogP contribution in [-0.4, -0.2) is 72.2 Å². The number of likely N-dealkylation sites (tertiary alicyclic amines) is 1. The summed E-state index contributed by atoms with van der Waals surface area (Å²) in [5.41, 5.74) is 0. The van der Waals surface area contributed by atoms with Gasteiger partial charge >= 0.3 is 0 Å². The van der Waals surface area contributed by atoms with Crippen molar-refractivity contribution in [3.8, 4) is 11.5 Å². The molecule has 3 rings (SSSR count). The van der Waals surface area contributed by atoms with Crippen molar-refractivity contribution in [3.05, 3.63) is 24.3 Å². The maximum atomic E-state index is 12.8. The van der Waals surface area contributed by atoms with Gasteiger partial charge in [-0.15, -0.1) is 0 Å². The Labute approximate surface area is 172 Å². The number of benzene rings is 1. The molecule has 1 unspecified atom stereocenters. The Kier molecular flexibility index (Phi) is 7.75. The number of hydrogen-bond acceptors (Lipinski definition) is 5. The molecule has 1 saturated heterocycles. The summed E-state index contributed by atoms with van der Waals surface area (Å²) in [6, 6.07) is 7.58. The van der Waals surface area contributed by atoms with Gasteiger partial charge < -0.3 is 24.4 Å². The van der Waals surface area contributed by atoms with Crippen LogP contribution in [0.4, 0.5) is 0 Å². The van der Waals surface area contributed by atoms with Crippen molar-refractivity contribution in [2.24, 2.45) is 0 Å². The van der Waals surface area contributed by atoms with E-state index in [0.717, 1.165) is 38.6 Å². The van der Waals surface area contributed by atoms with Gasteiger partial charge in [0.1, 0.15) is 0 Å². The number of amides is 2. The zero-order chi connectivity index (χ0) is 20.6. The second kappa shape index (κ2) is 10.5. The van der Waals surface area contributed by atoms with Crippen molar-refractivity contribution in [3.63, 3.8) is 0 Å². The minimum atomic E-state index is -0.100. The van der Waals surface area contributed by atoms with Crippen LogP contribution in [0.15, 0.2) is 24.3 Å². The molecule has 0 bridgehead atoms. The van der Waals surface area contributed by atoms with Crippen LogP contribution < -0.4 is 9.47 Å². The van der Waals surface area contributed by atoms with Gasteiger partial charge in [0.25, 0.3) is 5.91 Å². The predicted molar refractivity (Wildman–Crippen MR) is 109 cm³/mol. The number of rotatable bonds is 10. The fourth-order valence-electron chi connectivity index (χ4n) is 4.00. The summed E-state index contributed by atoms with van der Waals surface area (Å²) >= 11 is 0. The van der Waals surface area contributed by atoms with Crippen molar-refractivity contribution >= 4 is 11.8 Å². The SMILES string of the molecule is COc1ccccc1OCC(=O)N(CCC(=O)N1CCCCC1CCO)C1CC1. The van der Waals surface area contributed by atoms with E-state index in [9.17, 15) is 14.7 Å². The largest absolute Gasteiger partial charge is 0.493 e. The molecule has 1 saturated carbocycles. The Morgan fingerprint density at radius 3 is 2.62 bits per heavy atom. The van der Waals surface area contributed by atoms with Crippen LogP contribution in [0.1, 0.15) is 44.9 Å². The quantitative estimate of drug-likeness (QED) is 0.647. The number of para-hydroxylation sites is 2. The van der Waals surface area contributed by atoms with Crippen LogP contribution in [0, 0.1) is 0 Å². The van der Waals surface area contributed by atoms with Gasteiger partial charge in [0.15, 0.2) is 18.1 Å². The summed E-state index contributed by atoms with van der Waals surface area (Å²) in [4.78, 5) is 29.2. The summed E-state index contributed by atoms with van der Waals surface area (Å²) in [5.74, 6) is 1.10. The third-order valence-electron chi connectivity index (χ3n) is 5.70. The first-order chi connectivity index (χ1) is 14.1. The van der Waals surface area contributed by atoms with Gasteiger partial charge in [-0.25, -0.2) is 0 Å². The Morgan fingerprint density at radius 1 is 1.17 bits per heavy atom. The van der Waals surface area contributed by atoms with E-state index < -0.39 is 0 Å². The molecule has 1 atom stereocenters. The molecule has 0 aromatic heterocycles. The molecule has 1 aromatic carbocycles. The van der Waals surface area contributed by atoms with Crippen LogP contribution in [0.5, 0.6) is 11.5 Å². The van der Waals surface area contributed by atoms with Crippen LogP contribution in [0.2, 0.25) is 0 Å². The lowest BCUT2D eigenvalue weighted by atomic mass is 9.99. The molecule has 29 heavy (non-hydrogen) atoms. The summed E-state index contributed by atoms with van der Waals surface area (Å²) in [6.07, 6.45) is 5.96. The zero-order valence-corrected chi connectivity index (χ0v) is 17.2. The Morgan fingerprint density at radius 2 is 1.93 bits per heavy atom. The fourth-order valence-corrected chi connectivity index (χ4v) is 4.00. The molecule has 1 N–H and O–H groups in total. The topological polar surface area (TPSA) is 79.3 Å². The van der Waals surface area contributed by atoms with Gasteiger partial charge in [0.05, 0.1) is 7.11 Å². The number of aliphatic hydroxyl groups is 1. The molecule has 0 spiro atoms. The van der Waals surface area contributed by atoms with E-state index in [4.69, 9.17) is 9.47 Å². The van der Waals surface area contributed by atoms with E-state index in [1.165, 1.54) is 0 Å². The normalized spacial score (nSPS) is 19.0. The average Bonchev–Trinajstić information content (AvgIpc) is 3.58. The Hall–Kier alpha value is -2.28. The lowest BCUT2D eigenvalue weighted by Gasteiger charge is -2.36. The number of methoxy groups -OCH3 is 1. The fraction of sp³-hybridized carbons (Fsp3) is 0.636. The molecule has 1 heterocycles. The molecule has 160 valence electrons. The molecule has 7 heteroatoms. The maximum absolute atomic E-state index is 12.8. The average molecular weight is 405 g/mol. The minimum Gasteiger partial charge on any atom is -0.493 e. The molecule has 0 radical (unpaired) electrons. The zero-order valence-electron chi connectivity index (χ0n) is 17.2. The van der Waals surface area contributed by atoms with Gasteiger partial charge in [-0.05, 0) is 50.7 Å². The highest BCUT2D eigenvalue weighted by Gasteiger charge is 2.34. The second-order valence-electron chi connectivity index (χ2n) is 7.76. The van der Waals surface area contributed by atoms with Crippen LogP contribution >= 0.6 is 0 Å². The highest BCUT2D eigenvalue weighted by Crippen LogP contribution is 2.29. The van der Waals surface area contributed by atoms with E-state index in [0.29, 0.717) is 30.9 Å². The number of carbonyl (C=O) groups excluding carboxylic acids is 2. The molecular weight excluding hydrogens is 372 g/mol. The van der Waals surface area contributed by atoms with Gasteiger partial charge in [-0.3, -0.25) is 9.59 Å². The van der Waals surface area contributed by atoms with Crippen molar-refractivity contribution in [1.82, 2.24) is 9.80 Å². The standard InChI is InChI=1S/C22H32N2O5/c1-28-19-7-2-3-8-20(19)29-16-22(27)24(18-9-10-18)14-11-21(26)23-13-5-4-6-17(23)12-15-25/h2-3,7-8,17-18,25H,4-6,9-16H2,1H3. The van der Waals surface area contributed by atoms with E-state index in [1.807, 2.05) is 17.0 Å². The van der Waals surface area contributed by atoms with E-state index >= 15 is 0 Å². The third kappa shape index (κ3) is 5.85. The maximum Gasteiger partial charge on any atom is 0.260 e. The third-order valence-corrected chi connectivity index (χ3v) is 5.70. The van der Waals surface area contributed by atoms with Gasteiger partial charge in [0, 0.05) is 38.2 Å². The van der Waals surface area contributed by atoms with Gasteiger partial charge in [-0.2, -0.15) is 0 Å². The molecule has 2 amide bonds. The smallest absolute Gasteiger partial charge is 0.260 e. The summed E-state index contributed by atoms with van der Waals surface area (Å²) < 4.78 is 10.9.